The van der Waals surface area contributed by atoms with Crippen LogP contribution in [0.25, 0.3) is 0 Å². The first kappa shape index (κ1) is 26.3. The molecule has 0 unspecified atom stereocenters. The molecule has 200 valence electrons. The van der Waals surface area contributed by atoms with Crippen LogP contribution in [0, 0.1) is 5.41 Å². The topological polar surface area (TPSA) is 71.8 Å². The fourth-order valence-corrected chi connectivity index (χ4v) is 4.92. The first-order valence-corrected chi connectivity index (χ1v) is 13.3. The van der Waals surface area contributed by atoms with Gasteiger partial charge in [0.1, 0.15) is 18.1 Å². The number of benzene rings is 3. The number of rotatable bonds is 7. The number of fused-ring (bicyclic) bond motifs is 1. The van der Waals surface area contributed by atoms with Crippen LogP contribution in [0.4, 0.5) is 0 Å². The Kier molecular flexibility index (Phi) is 7.55. The summed E-state index contributed by atoms with van der Waals surface area (Å²) in [5.74, 6) is 1.35. The van der Waals surface area contributed by atoms with E-state index >= 15 is 0 Å². The van der Waals surface area contributed by atoms with E-state index in [1.54, 1.807) is 12.1 Å². The number of nitrogens with one attached hydrogen (secondary N) is 1. The lowest BCUT2D eigenvalue weighted by Gasteiger charge is -2.41. The molecular formula is C33H34N2O4. The van der Waals surface area contributed by atoms with Crippen LogP contribution < -0.4 is 10.1 Å². The summed E-state index contributed by atoms with van der Waals surface area (Å²) in [5.41, 5.74) is 3.89. The zero-order valence-corrected chi connectivity index (χ0v) is 22.6. The van der Waals surface area contributed by atoms with Gasteiger partial charge in [-0.3, -0.25) is 9.59 Å². The Morgan fingerprint density at radius 3 is 2.38 bits per heavy atom. The molecule has 2 heterocycles. The van der Waals surface area contributed by atoms with E-state index in [1.807, 2.05) is 86.3 Å². The summed E-state index contributed by atoms with van der Waals surface area (Å²) >= 11 is 0. The molecule has 5 rings (SSSR count). The molecule has 1 aliphatic heterocycles. The van der Waals surface area contributed by atoms with Gasteiger partial charge in [-0.05, 0) is 52.9 Å². The molecule has 1 aliphatic rings. The molecule has 0 spiro atoms. The molecule has 39 heavy (non-hydrogen) atoms. The molecule has 0 aliphatic carbocycles. The predicted molar refractivity (Wildman–Crippen MR) is 150 cm³/mol. The highest BCUT2D eigenvalue weighted by Crippen LogP contribution is 2.39. The van der Waals surface area contributed by atoms with Gasteiger partial charge in [0.25, 0.3) is 5.91 Å². The van der Waals surface area contributed by atoms with Crippen LogP contribution in [0.15, 0.2) is 95.4 Å². The van der Waals surface area contributed by atoms with E-state index in [4.69, 9.17) is 9.15 Å². The van der Waals surface area contributed by atoms with E-state index < -0.39 is 5.41 Å². The van der Waals surface area contributed by atoms with Gasteiger partial charge in [-0.2, -0.15) is 0 Å². The minimum absolute atomic E-state index is 0.127. The Hall–Kier alpha value is -4.32. The number of hydrogen-bond acceptors (Lipinski definition) is 4. The second kappa shape index (κ2) is 11.2. The van der Waals surface area contributed by atoms with Crippen molar-refractivity contribution in [2.24, 2.45) is 5.41 Å². The van der Waals surface area contributed by atoms with Crippen molar-refractivity contribution in [2.45, 2.75) is 46.4 Å². The van der Waals surface area contributed by atoms with Crippen molar-refractivity contribution < 1.29 is 18.7 Å². The molecule has 4 aromatic rings. The van der Waals surface area contributed by atoms with Crippen molar-refractivity contribution in [3.8, 4) is 5.75 Å². The maximum Gasteiger partial charge on any atom is 0.287 e. The van der Waals surface area contributed by atoms with Crippen LogP contribution in [0.3, 0.4) is 0 Å². The molecular weight excluding hydrogens is 488 g/mol. The Morgan fingerprint density at radius 1 is 0.949 bits per heavy atom. The van der Waals surface area contributed by atoms with Gasteiger partial charge in [0.05, 0.1) is 6.04 Å². The molecule has 6 heteroatoms. The first-order chi connectivity index (χ1) is 18.8. The first-order valence-electron chi connectivity index (χ1n) is 13.3. The van der Waals surface area contributed by atoms with E-state index in [2.05, 4.69) is 23.5 Å². The Labute approximate surface area is 229 Å². The van der Waals surface area contributed by atoms with E-state index in [9.17, 15) is 9.59 Å². The Bertz CT molecular complexity index is 1440. The number of hydrogen-bond donors (Lipinski definition) is 1. The fourth-order valence-electron chi connectivity index (χ4n) is 4.92. The lowest BCUT2D eigenvalue weighted by molar-refractivity contribution is -0.141. The molecule has 6 nitrogen and oxygen atoms in total. The quantitative estimate of drug-likeness (QED) is 0.309. The predicted octanol–water partition coefficient (Wildman–Crippen LogP) is 6.31. The van der Waals surface area contributed by atoms with Gasteiger partial charge in [-0.15, -0.1) is 0 Å². The summed E-state index contributed by atoms with van der Waals surface area (Å²) in [5, 5.41) is 2.87. The maximum atomic E-state index is 13.4. The highest BCUT2D eigenvalue weighted by molar-refractivity contribution is 5.91. The van der Waals surface area contributed by atoms with Crippen molar-refractivity contribution in [2.75, 3.05) is 6.54 Å². The molecule has 0 radical (unpaired) electrons. The number of amides is 2. The van der Waals surface area contributed by atoms with Crippen LogP contribution in [0.2, 0.25) is 0 Å². The number of furan rings is 1. The van der Waals surface area contributed by atoms with E-state index in [0.29, 0.717) is 24.6 Å². The smallest absolute Gasteiger partial charge is 0.287 e. The average molecular weight is 523 g/mol. The molecule has 0 saturated carbocycles. The summed E-state index contributed by atoms with van der Waals surface area (Å²) in [6.07, 6.45) is 0.792. The second-order valence-corrected chi connectivity index (χ2v) is 10.9. The summed E-state index contributed by atoms with van der Waals surface area (Å²) in [6.45, 7) is 7.18. The molecule has 1 aromatic heterocycles. The van der Waals surface area contributed by atoms with Crippen molar-refractivity contribution in [3.05, 3.63) is 125 Å². The van der Waals surface area contributed by atoms with Gasteiger partial charge in [-0.1, -0.05) is 87.5 Å². The highest BCUT2D eigenvalue weighted by Gasteiger charge is 2.37. The third-order valence-corrected chi connectivity index (χ3v) is 6.93. The van der Waals surface area contributed by atoms with E-state index in [1.165, 1.54) is 5.56 Å². The molecule has 1 N–H and O–H groups in total. The Morgan fingerprint density at radius 2 is 1.67 bits per heavy atom. The standard InChI is InChI=1S/C33H34N2O4/c1-33(2,3)32(37)35-19-18-24-14-15-26(20-28(24)30(35)25-12-8-5-9-13-25)38-22-27-16-17-29(39-27)31(36)34-21-23-10-6-4-7-11-23/h4-17,20,30H,18-19,21-22H2,1-3H3,(H,34,36)/t30-/m0/s1. The summed E-state index contributed by atoms with van der Waals surface area (Å²) < 4.78 is 11.9. The summed E-state index contributed by atoms with van der Waals surface area (Å²) in [6, 6.07) is 29.2. The largest absolute Gasteiger partial charge is 0.486 e. The monoisotopic (exact) mass is 522 g/mol. The van der Waals surface area contributed by atoms with Gasteiger partial charge in [0, 0.05) is 18.5 Å². The van der Waals surface area contributed by atoms with Crippen molar-refractivity contribution >= 4 is 11.8 Å². The second-order valence-electron chi connectivity index (χ2n) is 10.9. The van der Waals surface area contributed by atoms with Crippen LogP contribution in [-0.4, -0.2) is 23.3 Å². The molecule has 0 saturated heterocycles. The van der Waals surface area contributed by atoms with Crippen LogP contribution in [0.5, 0.6) is 5.75 Å². The van der Waals surface area contributed by atoms with E-state index in [0.717, 1.165) is 23.1 Å². The lowest BCUT2D eigenvalue weighted by Crippen LogP contribution is -2.45. The average Bonchev–Trinajstić information content (AvgIpc) is 3.43. The summed E-state index contributed by atoms with van der Waals surface area (Å²) in [4.78, 5) is 28.0. The lowest BCUT2D eigenvalue weighted by atomic mass is 9.85. The van der Waals surface area contributed by atoms with Gasteiger partial charge in [0.2, 0.25) is 5.91 Å². The third-order valence-electron chi connectivity index (χ3n) is 6.93. The molecule has 0 bridgehead atoms. The molecule has 2 amide bonds. The molecule has 1 atom stereocenters. The zero-order valence-electron chi connectivity index (χ0n) is 22.6. The van der Waals surface area contributed by atoms with Crippen LogP contribution >= 0.6 is 0 Å². The minimum atomic E-state index is -0.483. The van der Waals surface area contributed by atoms with Crippen LogP contribution in [0.1, 0.15) is 65.4 Å². The number of ether oxygens (including phenoxy) is 1. The SMILES string of the molecule is CC(C)(C)C(=O)N1CCc2ccc(OCc3ccc(C(=O)NCc4ccccc4)o3)cc2[C@@H]1c1ccccc1. The normalized spacial score (nSPS) is 14.9. The number of carbonyl (C=O) groups is 2. The number of nitrogens with zero attached hydrogens (tertiary/aromatic N) is 1. The third kappa shape index (κ3) is 6.06. The van der Waals surface area contributed by atoms with Gasteiger partial charge in [0.15, 0.2) is 5.76 Å². The van der Waals surface area contributed by atoms with Gasteiger partial charge >= 0.3 is 0 Å². The Balaban J connectivity index is 1.31. The van der Waals surface area contributed by atoms with E-state index in [-0.39, 0.29) is 30.2 Å². The maximum absolute atomic E-state index is 13.4. The zero-order chi connectivity index (χ0) is 27.4. The number of carbonyl (C=O) groups excluding carboxylic acids is 2. The molecule has 3 aromatic carbocycles. The summed E-state index contributed by atoms with van der Waals surface area (Å²) in [7, 11) is 0. The van der Waals surface area contributed by atoms with Crippen LogP contribution in [-0.2, 0) is 24.4 Å². The van der Waals surface area contributed by atoms with Crippen molar-refractivity contribution in [1.29, 1.82) is 0 Å². The van der Waals surface area contributed by atoms with Gasteiger partial charge in [-0.25, -0.2) is 0 Å². The van der Waals surface area contributed by atoms with Gasteiger partial charge < -0.3 is 19.4 Å². The minimum Gasteiger partial charge on any atom is -0.486 e. The van der Waals surface area contributed by atoms with Crippen molar-refractivity contribution in [1.82, 2.24) is 10.2 Å². The highest BCUT2D eigenvalue weighted by atomic mass is 16.5. The molecule has 0 fully saturated rings. The van der Waals surface area contributed by atoms with Crippen molar-refractivity contribution in [3.63, 3.8) is 0 Å². The fraction of sp³-hybridized carbons (Fsp3) is 0.273.